The van der Waals surface area contributed by atoms with Crippen LogP contribution in [0.1, 0.15) is 67.2 Å². The number of fused-ring (bicyclic) bond motifs is 5. The van der Waals surface area contributed by atoms with E-state index in [1.165, 1.54) is 0 Å². The molecule has 0 radical (unpaired) electrons. The van der Waals surface area contributed by atoms with Crippen LogP contribution in [0.4, 0.5) is 17.3 Å². The van der Waals surface area contributed by atoms with Crippen LogP contribution in [0.15, 0.2) is 47.2 Å². The maximum absolute atomic E-state index is 13.7. The summed E-state index contributed by atoms with van der Waals surface area (Å²) >= 11 is 0. The summed E-state index contributed by atoms with van der Waals surface area (Å²) in [6, 6.07) is 9.66. The highest BCUT2D eigenvalue weighted by Crippen LogP contribution is 2.66. The van der Waals surface area contributed by atoms with Crippen molar-refractivity contribution in [2.75, 3.05) is 30.0 Å². The second-order valence-electron chi connectivity index (χ2n) is 13.2. The van der Waals surface area contributed by atoms with Gasteiger partial charge in [0.05, 0.1) is 40.8 Å². The number of anilines is 2. The van der Waals surface area contributed by atoms with E-state index in [-0.39, 0.29) is 17.2 Å². The fourth-order valence-electron chi connectivity index (χ4n) is 7.94. The zero-order valence-electron chi connectivity index (χ0n) is 24.9. The second-order valence-corrected chi connectivity index (χ2v) is 15.7. The highest BCUT2D eigenvalue weighted by molar-refractivity contribution is 7.93. The predicted octanol–water partition coefficient (Wildman–Crippen LogP) is 5.76. The van der Waals surface area contributed by atoms with Crippen LogP contribution in [0.5, 0.6) is 0 Å². The number of hydrogen-bond acceptors (Lipinski definition) is 9. The van der Waals surface area contributed by atoms with Gasteiger partial charge in [-0.3, -0.25) is 14.9 Å². The van der Waals surface area contributed by atoms with Crippen LogP contribution in [-0.2, 0) is 14.5 Å². The smallest absolute Gasteiger partial charge is 0.187 e. The molecule has 4 saturated carbocycles. The Labute approximate surface area is 256 Å². The number of ketones is 1. The quantitative estimate of drug-likeness (QED) is 0.261. The van der Waals surface area contributed by atoms with Crippen molar-refractivity contribution in [2.24, 2.45) is 27.5 Å². The summed E-state index contributed by atoms with van der Waals surface area (Å²) in [7, 11) is -2.45. The summed E-state index contributed by atoms with van der Waals surface area (Å²) in [5.41, 5.74) is 3.36. The van der Waals surface area contributed by atoms with Crippen LogP contribution in [0, 0.1) is 30.1 Å². The number of aromatic amines is 1. The standard InChI is InChI=1S/C32H38N8O3S/c1-20-14-28(38-37-20)35-27-16-26(39-44(42)12-10-43-11-13-44)29-31(36-27)40(19-34-29)23-7-5-21-17-32(18-21,24-15-22(24)6-8-23)30(41)25-4-2-3-9-33-25/h2-4,9,14,16,19,21-24H,5-8,10-13,15,17-18H2,1H3,(H2,35,36,37,38)/t21?,22-,23-,24?,32?/m0/s1. The number of H-pyrrole nitrogens is 1. The predicted molar refractivity (Wildman–Crippen MR) is 168 cm³/mol. The van der Waals surface area contributed by atoms with Crippen molar-refractivity contribution in [3.63, 3.8) is 0 Å². The molecule has 0 aromatic carbocycles. The minimum absolute atomic E-state index is 0.220. The van der Waals surface area contributed by atoms with Crippen molar-refractivity contribution >= 4 is 44.0 Å². The number of ether oxygens (including phenoxy) is 1. The number of pyridine rings is 2. The van der Waals surface area contributed by atoms with Crippen LogP contribution < -0.4 is 5.32 Å². The molecule has 12 heteroatoms. The SMILES string of the molecule is Cc1cc(Nc2cc(N=S3(=O)CCOCC3)c3ncn([C@H]4CCC5CC(C(=O)c6ccccn6)(C5)C5C[C@@H]5CC4)c3n2)n[nH]1. The molecule has 0 spiro atoms. The summed E-state index contributed by atoms with van der Waals surface area (Å²) in [4.78, 5) is 27.9. The Morgan fingerprint density at radius 1 is 1.11 bits per heavy atom. The van der Waals surface area contributed by atoms with E-state index < -0.39 is 9.73 Å². The molecule has 230 valence electrons. The Balaban J connectivity index is 1.10. The van der Waals surface area contributed by atoms with Gasteiger partial charge < -0.3 is 14.6 Å². The second kappa shape index (κ2) is 10.8. The Bertz CT molecular complexity index is 1820. The first-order valence-electron chi connectivity index (χ1n) is 15.8. The zero-order valence-corrected chi connectivity index (χ0v) is 25.8. The third-order valence-corrected chi connectivity index (χ3v) is 12.4. The van der Waals surface area contributed by atoms with Crippen LogP contribution in [0.3, 0.4) is 0 Å². The molecule has 3 atom stereocenters. The average molecular weight is 615 g/mol. The van der Waals surface area contributed by atoms with E-state index >= 15 is 0 Å². The molecule has 4 aromatic heterocycles. The summed E-state index contributed by atoms with van der Waals surface area (Å²) in [5.74, 6) is 3.90. The third-order valence-electron chi connectivity index (χ3n) is 10.3. The highest BCUT2D eigenvalue weighted by atomic mass is 32.2. The zero-order chi connectivity index (χ0) is 29.9. The van der Waals surface area contributed by atoms with Crippen molar-refractivity contribution in [2.45, 2.75) is 57.9 Å². The van der Waals surface area contributed by atoms with Crippen molar-refractivity contribution < 1.29 is 13.7 Å². The average Bonchev–Trinajstić information content (AvgIpc) is 3.48. The molecule has 1 saturated heterocycles. The van der Waals surface area contributed by atoms with E-state index in [1.54, 1.807) is 6.20 Å². The van der Waals surface area contributed by atoms with Crippen LogP contribution in [0.25, 0.3) is 11.2 Å². The maximum Gasteiger partial charge on any atom is 0.187 e. The molecule has 0 amide bonds. The monoisotopic (exact) mass is 614 g/mol. The lowest BCUT2D eigenvalue weighted by Crippen LogP contribution is -2.47. The van der Waals surface area contributed by atoms with Gasteiger partial charge in [0, 0.05) is 35.5 Å². The third kappa shape index (κ3) is 5.01. The lowest BCUT2D eigenvalue weighted by molar-refractivity contribution is 0.0165. The Morgan fingerprint density at radius 2 is 1.95 bits per heavy atom. The van der Waals surface area contributed by atoms with E-state index in [1.807, 2.05) is 43.6 Å². The largest absolute Gasteiger partial charge is 0.379 e. The maximum atomic E-state index is 13.7. The summed E-state index contributed by atoms with van der Waals surface area (Å²) in [6.45, 7) is 2.84. The molecule has 4 aromatic rings. The van der Waals surface area contributed by atoms with E-state index in [0.717, 1.165) is 56.3 Å². The fourth-order valence-corrected chi connectivity index (χ4v) is 9.58. The van der Waals surface area contributed by atoms with Gasteiger partial charge in [-0.25, -0.2) is 14.2 Å². The number of aromatic nitrogens is 6. The Kier molecular flexibility index (Phi) is 6.82. The summed E-state index contributed by atoms with van der Waals surface area (Å²) in [5, 5.41) is 10.6. The number of hydrogen-bond donors (Lipinski definition) is 2. The van der Waals surface area contributed by atoms with Crippen LogP contribution >= 0.6 is 0 Å². The molecular formula is C32H38N8O3S. The molecule has 5 aliphatic rings. The van der Waals surface area contributed by atoms with Crippen molar-refractivity contribution in [1.82, 2.24) is 29.7 Å². The van der Waals surface area contributed by atoms with Crippen LogP contribution in [-0.4, -0.2) is 64.4 Å². The molecule has 9 rings (SSSR count). The number of nitrogens with one attached hydrogen (secondary N) is 2. The molecule has 2 bridgehead atoms. The molecule has 5 heterocycles. The van der Waals surface area contributed by atoms with Gasteiger partial charge in [0.1, 0.15) is 22.7 Å². The van der Waals surface area contributed by atoms with Gasteiger partial charge in [0.15, 0.2) is 17.2 Å². The van der Waals surface area contributed by atoms with E-state index in [4.69, 9.17) is 19.1 Å². The number of carbonyl (C=O) groups excluding carboxylic acids is 1. The minimum Gasteiger partial charge on any atom is -0.379 e. The van der Waals surface area contributed by atoms with E-state index in [2.05, 4.69) is 25.1 Å². The van der Waals surface area contributed by atoms with Gasteiger partial charge in [-0.2, -0.15) is 9.46 Å². The van der Waals surface area contributed by atoms with Gasteiger partial charge in [0.2, 0.25) is 0 Å². The first-order valence-corrected chi connectivity index (χ1v) is 17.7. The summed E-state index contributed by atoms with van der Waals surface area (Å²) < 4.78 is 26.1. The molecule has 1 aliphatic heterocycles. The molecule has 2 N–H and O–H groups in total. The van der Waals surface area contributed by atoms with Crippen molar-refractivity contribution in [1.29, 1.82) is 0 Å². The fraction of sp³-hybridized carbons (Fsp3) is 0.531. The van der Waals surface area contributed by atoms with E-state index in [9.17, 15) is 9.00 Å². The van der Waals surface area contributed by atoms with Crippen molar-refractivity contribution in [3.8, 4) is 0 Å². The molecule has 44 heavy (non-hydrogen) atoms. The molecular weight excluding hydrogens is 576 g/mol. The first kappa shape index (κ1) is 27.9. The first-order chi connectivity index (χ1) is 21.4. The number of aryl methyl sites for hydroxylation is 1. The lowest BCUT2D eigenvalue weighted by Gasteiger charge is -2.48. The number of rotatable bonds is 6. The van der Waals surface area contributed by atoms with Gasteiger partial charge in [-0.05, 0) is 81.8 Å². The van der Waals surface area contributed by atoms with Gasteiger partial charge in [-0.15, -0.1) is 0 Å². The van der Waals surface area contributed by atoms with Gasteiger partial charge in [-0.1, -0.05) is 6.07 Å². The Hall–Kier alpha value is -3.64. The number of Topliss-reactive ketones (excluding diaryl/α,β-unsaturated/α-hetero) is 1. The summed E-state index contributed by atoms with van der Waals surface area (Å²) in [6.07, 6.45) is 10.8. The molecule has 5 fully saturated rings. The molecule has 11 nitrogen and oxygen atoms in total. The van der Waals surface area contributed by atoms with Crippen molar-refractivity contribution in [3.05, 3.63) is 54.2 Å². The number of imidazole rings is 1. The lowest BCUT2D eigenvalue weighted by atomic mass is 9.54. The van der Waals surface area contributed by atoms with Gasteiger partial charge in [0.25, 0.3) is 0 Å². The normalized spacial score (nSPS) is 29.3. The number of nitrogens with zero attached hydrogens (tertiary/aromatic N) is 6. The minimum atomic E-state index is -2.45. The molecule has 4 aliphatic carbocycles. The Morgan fingerprint density at radius 3 is 2.73 bits per heavy atom. The molecule has 1 unspecified atom stereocenters. The van der Waals surface area contributed by atoms with Crippen LogP contribution in [0.2, 0.25) is 0 Å². The number of carbonyl (C=O) groups is 1. The van der Waals surface area contributed by atoms with Gasteiger partial charge >= 0.3 is 0 Å². The van der Waals surface area contributed by atoms with E-state index in [0.29, 0.717) is 71.0 Å². The highest BCUT2D eigenvalue weighted by Gasteiger charge is 2.62. The topological polar surface area (TPSA) is 140 Å².